The molecule has 9 heteroatoms. The summed E-state index contributed by atoms with van der Waals surface area (Å²) in [4.78, 5) is 23.8. The van der Waals surface area contributed by atoms with Gasteiger partial charge in [-0.3, -0.25) is 4.79 Å². The fraction of sp³-hybridized carbons (Fsp3) is 0.375. The molecular weight excluding hydrogens is 329 g/mol. The Balaban J connectivity index is 1.74. The van der Waals surface area contributed by atoms with Crippen molar-refractivity contribution in [1.82, 2.24) is 20.3 Å². The summed E-state index contributed by atoms with van der Waals surface area (Å²) >= 11 is 0. The van der Waals surface area contributed by atoms with Crippen molar-refractivity contribution < 1.29 is 18.7 Å². The number of ether oxygens (including phenoxy) is 1. The summed E-state index contributed by atoms with van der Waals surface area (Å²) < 4.78 is 20.1. The molecule has 0 unspecified atom stereocenters. The topological polar surface area (TPSA) is 98.1 Å². The predicted molar refractivity (Wildman–Crippen MR) is 86.9 cm³/mol. The molecule has 2 aromatic rings. The molecule has 1 aromatic heterocycles. The Morgan fingerprint density at radius 1 is 1.36 bits per heavy atom. The molecule has 3 rings (SSSR count). The van der Waals surface area contributed by atoms with Gasteiger partial charge in [-0.1, -0.05) is 5.21 Å². The Bertz CT molecular complexity index is 786. The number of hydrogen-bond donors (Lipinski definition) is 2. The molecule has 1 aliphatic heterocycles. The second kappa shape index (κ2) is 7.39. The highest BCUT2D eigenvalue weighted by Crippen LogP contribution is 2.19. The number of piperidine rings is 1. The number of benzene rings is 1. The van der Waals surface area contributed by atoms with E-state index in [1.807, 2.05) is 0 Å². The van der Waals surface area contributed by atoms with Crippen molar-refractivity contribution in [1.29, 1.82) is 0 Å². The van der Waals surface area contributed by atoms with Gasteiger partial charge >= 0.3 is 5.97 Å². The van der Waals surface area contributed by atoms with Crippen LogP contribution < -0.4 is 10.6 Å². The van der Waals surface area contributed by atoms with Gasteiger partial charge in [-0.15, -0.1) is 5.10 Å². The van der Waals surface area contributed by atoms with Gasteiger partial charge in [0, 0.05) is 0 Å². The number of hydrogen-bond acceptors (Lipinski definition) is 6. The average molecular weight is 347 g/mol. The van der Waals surface area contributed by atoms with Crippen LogP contribution in [0.2, 0.25) is 0 Å². The predicted octanol–water partition coefficient (Wildman–Crippen LogP) is 1.38. The van der Waals surface area contributed by atoms with E-state index in [1.54, 1.807) is 10.9 Å². The van der Waals surface area contributed by atoms with E-state index in [9.17, 15) is 14.0 Å². The second-order valence-electron chi connectivity index (χ2n) is 5.71. The van der Waals surface area contributed by atoms with Crippen LogP contribution in [-0.2, 0) is 4.74 Å². The Morgan fingerprint density at radius 3 is 2.84 bits per heavy atom. The molecule has 8 nitrogen and oxygen atoms in total. The van der Waals surface area contributed by atoms with E-state index < -0.39 is 17.7 Å². The third kappa shape index (κ3) is 3.82. The van der Waals surface area contributed by atoms with Gasteiger partial charge in [-0.2, -0.15) is 0 Å². The lowest BCUT2D eigenvalue weighted by Crippen LogP contribution is -2.29. The number of esters is 1. The molecule has 1 aromatic carbocycles. The van der Waals surface area contributed by atoms with E-state index in [1.165, 1.54) is 19.2 Å². The fourth-order valence-electron chi connectivity index (χ4n) is 2.68. The zero-order valence-corrected chi connectivity index (χ0v) is 13.7. The molecule has 1 saturated heterocycles. The minimum absolute atomic E-state index is 0.0846. The molecule has 0 saturated carbocycles. The largest absolute Gasteiger partial charge is 0.465 e. The van der Waals surface area contributed by atoms with Crippen LogP contribution in [0.5, 0.6) is 0 Å². The van der Waals surface area contributed by atoms with E-state index in [0.29, 0.717) is 0 Å². The van der Waals surface area contributed by atoms with E-state index in [-0.39, 0.29) is 23.0 Å². The van der Waals surface area contributed by atoms with Gasteiger partial charge < -0.3 is 15.4 Å². The number of methoxy groups -OCH3 is 1. The van der Waals surface area contributed by atoms with Crippen molar-refractivity contribution in [3.63, 3.8) is 0 Å². The molecule has 0 radical (unpaired) electrons. The van der Waals surface area contributed by atoms with Crippen LogP contribution in [0.4, 0.5) is 10.1 Å². The summed E-state index contributed by atoms with van der Waals surface area (Å²) in [7, 11) is 1.23. The van der Waals surface area contributed by atoms with Gasteiger partial charge in [0.15, 0.2) is 5.69 Å². The lowest BCUT2D eigenvalue weighted by atomic mass is 10.1. The fourth-order valence-corrected chi connectivity index (χ4v) is 2.68. The molecule has 25 heavy (non-hydrogen) atoms. The van der Waals surface area contributed by atoms with E-state index in [0.717, 1.165) is 32.0 Å². The third-order valence-electron chi connectivity index (χ3n) is 4.06. The van der Waals surface area contributed by atoms with Crippen molar-refractivity contribution in [2.75, 3.05) is 25.5 Å². The number of nitrogens with one attached hydrogen (secondary N) is 2. The first-order chi connectivity index (χ1) is 12.1. The molecule has 1 fully saturated rings. The summed E-state index contributed by atoms with van der Waals surface area (Å²) in [6, 6.07) is 3.78. The first-order valence-corrected chi connectivity index (χ1v) is 7.90. The smallest absolute Gasteiger partial charge is 0.337 e. The molecule has 2 heterocycles. The standard InChI is InChI=1S/C16H18FN5O3/c1-25-16(24)10-2-3-12(17)13(8-10)19-15(23)14-9-22(21-20-14)11-4-6-18-7-5-11/h2-3,8-9,11,18H,4-7H2,1H3,(H,19,23). The Hall–Kier alpha value is -2.81. The number of nitrogens with zero attached hydrogens (tertiary/aromatic N) is 3. The Morgan fingerprint density at radius 2 is 2.12 bits per heavy atom. The third-order valence-corrected chi connectivity index (χ3v) is 4.06. The van der Waals surface area contributed by atoms with Gasteiger partial charge in [0.25, 0.3) is 5.91 Å². The van der Waals surface area contributed by atoms with Crippen molar-refractivity contribution >= 4 is 17.6 Å². The molecule has 1 amide bonds. The molecule has 132 valence electrons. The van der Waals surface area contributed by atoms with Crippen molar-refractivity contribution in [3.05, 3.63) is 41.5 Å². The van der Waals surface area contributed by atoms with Crippen LogP contribution in [0.25, 0.3) is 0 Å². The van der Waals surface area contributed by atoms with Crippen LogP contribution in [0.1, 0.15) is 39.7 Å². The summed E-state index contributed by atoms with van der Waals surface area (Å²) in [6.07, 6.45) is 3.35. The summed E-state index contributed by atoms with van der Waals surface area (Å²) in [6.45, 7) is 1.77. The van der Waals surface area contributed by atoms with Crippen molar-refractivity contribution in [2.45, 2.75) is 18.9 Å². The monoisotopic (exact) mass is 347 g/mol. The second-order valence-corrected chi connectivity index (χ2v) is 5.71. The zero-order valence-electron chi connectivity index (χ0n) is 13.7. The lowest BCUT2D eigenvalue weighted by molar-refractivity contribution is 0.0600. The molecule has 0 bridgehead atoms. The van der Waals surface area contributed by atoms with E-state index in [4.69, 9.17) is 0 Å². The maximum atomic E-state index is 13.9. The quantitative estimate of drug-likeness (QED) is 0.811. The highest BCUT2D eigenvalue weighted by Gasteiger charge is 2.20. The Kier molecular flexibility index (Phi) is 5.03. The highest BCUT2D eigenvalue weighted by atomic mass is 19.1. The number of carbonyl (C=O) groups is 2. The SMILES string of the molecule is COC(=O)c1ccc(F)c(NC(=O)c2cn(C3CCNCC3)nn2)c1. The first-order valence-electron chi connectivity index (χ1n) is 7.90. The van der Waals surface area contributed by atoms with E-state index in [2.05, 4.69) is 25.7 Å². The van der Waals surface area contributed by atoms with Crippen LogP contribution in [0.3, 0.4) is 0 Å². The maximum Gasteiger partial charge on any atom is 0.337 e. The molecule has 0 spiro atoms. The molecule has 0 atom stereocenters. The first kappa shape index (κ1) is 17.0. The summed E-state index contributed by atoms with van der Waals surface area (Å²) in [5, 5.41) is 13.5. The van der Waals surface area contributed by atoms with Gasteiger partial charge in [0.2, 0.25) is 0 Å². The van der Waals surface area contributed by atoms with Crippen LogP contribution in [-0.4, -0.2) is 47.1 Å². The number of amides is 1. The Labute approximate surface area is 143 Å². The van der Waals surface area contributed by atoms with Crippen LogP contribution >= 0.6 is 0 Å². The van der Waals surface area contributed by atoms with Crippen molar-refractivity contribution in [3.8, 4) is 0 Å². The molecule has 2 N–H and O–H groups in total. The summed E-state index contributed by atoms with van der Waals surface area (Å²) in [5.41, 5.74) is 0.100. The number of aromatic nitrogens is 3. The number of halogens is 1. The van der Waals surface area contributed by atoms with Gasteiger partial charge in [0.05, 0.1) is 30.6 Å². The minimum atomic E-state index is -0.660. The molecule has 0 aliphatic carbocycles. The summed E-state index contributed by atoms with van der Waals surface area (Å²) in [5.74, 6) is -1.87. The maximum absolute atomic E-state index is 13.9. The van der Waals surface area contributed by atoms with Gasteiger partial charge in [0.1, 0.15) is 5.82 Å². The lowest BCUT2D eigenvalue weighted by Gasteiger charge is -2.22. The molecular formula is C16H18FN5O3. The van der Waals surface area contributed by atoms with Crippen LogP contribution in [0.15, 0.2) is 24.4 Å². The van der Waals surface area contributed by atoms with Gasteiger partial charge in [-0.25, -0.2) is 13.9 Å². The normalized spacial score (nSPS) is 15.0. The number of rotatable bonds is 4. The molecule has 1 aliphatic rings. The van der Waals surface area contributed by atoms with Gasteiger partial charge in [-0.05, 0) is 44.1 Å². The van der Waals surface area contributed by atoms with Crippen molar-refractivity contribution in [2.24, 2.45) is 0 Å². The average Bonchev–Trinajstić information content (AvgIpc) is 3.14. The number of carbonyl (C=O) groups excluding carboxylic acids is 2. The highest BCUT2D eigenvalue weighted by molar-refractivity contribution is 6.03. The number of anilines is 1. The van der Waals surface area contributed by atoms with E-state index >= 15 is 0 Å². The zero-order chi connectivity index (χ0) is 17.8. The van der Waals surface area contributed by atoms with Crippen LogP contribution in [0, 0.1) is 5.82 Å². The minimum Gasteiger partial charge on any atom is -0.465 e.